The maximum Gasteiger partial charge on any atom is 0.184 e. The fourth-order valence-electron chi connectivity index (χ4n) is 1.02. The highest BCUT2D eigenvalue weighted by Gasteiger charge is 1.93. The van der Waals surface area contributed by atoms with Gasteiger partial charge >= 0.3 is 0 Å². The summed E-state index contributed by atoms with van der Waals surface area (Å²) in [6, 6.07) is 7.58. The van der Waals surface area contributed by atoms with Crippen LogP contribution in [0.5, 0.6) is 5.75 Å². The third-order valence-electron chi connectivity index (χ3n) is 1.56. The standard InChI is InChI=1S/C10H13N3OS/c1-2-14-9-5-3-4-8(6-9)7-12-13-10(11)15/h3-7H,2H2,1H3,(H3,11,13,15)/b12-7-. The van der Waals surface area contributed by atoms with Gasteiger partial charge in [0.25, 0.3) is 0 Å². The lowest BCUT2D eigenvalue weighted by molar-refractivity contribution is 0.340. The van der Waals surface area contributed by atoms with Crippen LogP contribution in [-0.2, 0) is 0 Å². The van der Waals surface area contributed by atoms with E-state index in [2.05, 4.69) is 22.7 Å². The molecule has 4 nitrogen and oxygen atoms in total. The van der Waals surface area contributed by atoms with Crippen molar-refractivity contribution in [3.05, 3.63) is 29.8 Å². The van der Waals surface area contributed by atoms with Crippen molar-refractivity contribution in [3.8, 4) is 5.75 Å². The summed E-state index contributed by atoms with van der Waals surface area (Å²) in [6.45, 7) is 2.58. The van der Waals surface area contributed by atoms with E-state index < -0.39 is 0 Å². The molecule has 15 heavy (non-hydrogen) atoms. The lowest BCUT2D eigenvalue weighted by Crippen LogP contribution is -2.23. The molecule has 0 spiro atoms. The monoisotopic (exact) mass is 223 g/mol. The number of nitrogens with one attached hydrogen (secondary N) is 1. The van der Waals surface area contributed by atoms with Crippen LogP contribution < -0.4 is 15.9 Å². The van der Waals surface area contributed by atoms with Gasteiger partial charge in [-0.2, -0.15) is 5.10 Å². The molecule has 1 rings (SSSR count). The molecule has 0 unspecified atom stereocenters. The third kappa shape index (κ3) is 4.42. The van der Waals surface area contributed by atoms with Crippen LogP contribution in [0, 0.1) is 0 Å². The highest BCUT2D eigenvalue weighted by molar-refractivity contribution is 7.80. The zero-order valence-corrected chi connectivity index (χ0v) is 9.25. The zero-order valence-electron chi connectivity index (χ0n) is 8.43. The Morgan fingerprint density at radius 3 is 3.13 bits per heavy atom. The first-order chi connectivity index (χ1) is 7.22. The molecule has 0 aliphatic rings. The molecule has 0 aliphatic carbocycles. The number of benzene rings is 1. The average molecular weight is 223 g/mol. The van der Waals surface area contributed by atoms with Gasteiger partial charge in [0.15, 0.2) is 5.11 Å². The van der Waals surface area contributed by atoms with Gasteiger partial charge in [-0.3, -0.25) is 5.43 Å². The summed E-state index contributed by atoms with van der Waals surface area (Å²) in [4.78, 5) is 0. The van der Waals surface area contributed by atoms with Gasteiger partial charge in [-0.25, -0.2) is 0 Å². The van der Waals surface area contributed by atoms with Gasteiger partial charge < -0.3 is 10.5 Å². The molecule has 80 valence electrons. The summed E-state index contributed by atoms with van der Waals surface area (Å²) in [5.74, 6) is 0.816. The Bertz CT molecular complexity index is 365. The number of hydrazone groups is 1. The van der Waals surface area contributed by atoms with Crippen molar-refractivity contribution in [2.24, 2.45) is 10.8 Å². The molecule has 0 heterocycles. The van der Waals surface area contributed by atoms with Crippen LogP contribution in [0.15, 0.2) is 29.4 Å². The second-order valence-corrected chi connectivity index (χ2v) is 3.18. The van der Waals surface area contributed by atoms with Gasteiger partial charge in [-0.1, -0.05) is 12.1 Å². The normalized spacial score (nSPS) is 10.2. The van der Waals surface area contributed by atoms with E-state index in [0.29, 0.717) is 6.61 Å². The Balaban J connectivity index is 2.64. The fourth-order valence-corrected chi connectivity index (χ4v) is 1.07. The van der Waals surface area contributed by atoms with E-state index in [9.17, 15) is 0 Å². The molecular weight excluding hydrogens is 210 g/mol. The summed E-state index contributed by atoms with van der Waals surface area (Å²) in [7, 11) is 0. The van der Waals surface area contributed by atoms with E-state index in [1.165, 1.54) is 0 Å². The van der Waals surface area contributed by atoms with Crippen molar-refractivity contribution in [1.29, 1.82) is 0 Å². The van der Waals surface area contributed by atoms with E-state index in [0.717, 1.165) is 11.3 Å². The zero-order chi connectivity index (χ0) is 11.1. The molecular formula is C10H13N3OS. The van der Waals surface area contributed by atoms with Crippen LogP contribution in [0.3, 0.4) is 0 Å². The van der Waals surface area contributed by atoms with Crippen molar-refractivity contribution < 1.29 is 4.74 Å². The molecule has 0 saturated carbocycles. The number of hydrogen-bond acceptors (Lipinski definition) is 3. The predicted octanol–water partition coefficient (Wildman–Crippen LogP) is 1.25. The van der Waals surface area contributed by atoms with Gasteiger partial charge in [-0.05, 0) is 36.8 Å². The van der Waals surface area contributed by atoms with Gasteiger partial charge in [0.05, 0.1) is 12.8 Å². The largest absolute Gasteiger partial charge is 0.494 e. The quantitative estimate of drug-likeness (QED) is 0.458. The van der Waals surface area contributed by atoms with Crippen LogP contribution in [0.25, 0.3) is 0 Å². The summed E-state index contributed by atoms with van der Waals surface area (Å²) >= 11 is 4.61. The minimum Gasteiger partial charge on any atom is -0.494 e. The number of nitrogens with zero attached hydrogens (tertiary/aromatic N) is 1. The molecule has 1 aromatic carbocycles. The van der Waals surface area contributed by atoms with E-state index >= 15 is 0 Å². The van der Waals surface area contributed by atoms with Gasteiger partial charge in [0.1, 0.15) is 5.75 Å². The lowest BCUT2D eigenvalue weighted by Gasteiger charge is -2.02. The van der Waals surface area contributed by atoms with Crippen molar-refractivity contribution in [2.75, 3.05) is 6.61 Å². The third-order valence-corrected chi connectivity index (χ3v) is 1.65. The summed E-state index contributed by atoms with van der Waals surface area (Å²) in [6.07, 6.45) is 1.63. The smallest absolute Gasteiger partial charge is 0.184 e. The second-order valence-electron chi connectivity index (χ2n) is 2.74. The molecule has 0 aliphatic heterocycles. The fraction of sp³-hybridized carbons (Fsp3) is 0.200. The Kier molecular flexibility index (Phi) is 4.56. The highest BCUT2D eigenvalue weighted by atomic mass is 32.1. The van der Waals surface area contributed by atoms with Crippen LogP contribution in [0.2, 0.25) is 0 Å². The Morgan fingerprint density at radius 2 is 2.47 bits per heavy atom. The van der Waals surface area contributed by atoms with Crippen LogP contribution >= 0.6 is 12.2 Å². The minimum absolute atomic E-state index is 0.146. The molecule has 0 bridgehead atoms. The van der Waals surface area contributed by atoms with E-state index in [-0.39, 0.29) is 5.11 Å². The highest BCUT2D eigenvalue weighted by Crippen LogP contribution is 2.11. The molecule has 1 aromatic rings. The first-order valence-corrected chi connectivity index (χ1v) is 4.94. The van der Waals surface area contributed by atoms with E-state index in [1.807, 2.05) is 31.2 Å². The molecule has 5 heteroatoms. The van der Waals surface area contributed by atoms with Gasteiger partial charge in [-0.15, -0.1) is 0 Å². The molecule has 0 radical (unpaired) electrons. The van der Waals surface area contributed by atoms with Crippen LogP contribution in [0.1, 0.15) is 12.5 Å². The van der Waals surface area contributed by atoms with E-state index in [4.69, 9.17) is 10.5 Å². The Morgan fingerprint density at radius 1 is 1.67 bits per heavy atom. The second kappa shape index (κ2) is 5.98. The minimum atomic E-state index is 0.146. The number of hydrogen-bond donors (Lipinski definition) is 2. The molecule has 0 saturated heterocycles. The van der Waals surface area contributed by atoms with Crippen LogP contribution in [0.4, 0.5) is 0 Å². The first-order valence-electron chi connectivity index (χ1n) is 4.53. The molecule has 0 amide bonds. The van der Waals surface area contributed by atoms with Gasteiger partial charge in [0.2, 0.25) is 0 Å². The number of ether oxygens (including phenoxy) is 1. The number of rotatable bonds is 4. The predicted molar refractivity (Wildman–Crippen MR) is 65.1 cm³/mol. The van der Waals surface area contributed by atoms with Crippen molar-refractivity contribution in [1.82, 2.24) is 5.43 Å². The molecule has 3 N–H and O–H groups in total. The summed E-state index contributed by atoms with van der Waals surface area (Å²) in [5.41, 5.74) is 8.62. The maximum absolute atomic E-state index is 5.34. The average Bonchev–Trinajstić information content (AvgIpc) is 2.18. The number of thiocarbonyl (C=S) groups is 1. The first kappa shape index (κ1) is 11.5. The number of nitrogens with two attached hydrogens (primary N) is 1. The SMILES string of the molecule is CCOc1cccc(/C=N\NC(N)=S)c1. The molecule has 0 aromatic heterocycles. The van der Waals surface area contributed by atoms with Gasteiger partial charge in [0, 0.05) is 0 Å². The summed E-state index contributed by atoms with van der Waals surface area (Å²) < 4.78 is 5.34. The Labute approximate surface area is 94.1 Å². The molecule has 0 fully saturated rings. The topological polar surface area (TPSA) is 59.6 Å². The summed E-state index contributed by atoms with van der Waals surface area (Å²) in [5, 5.41) is 3.99. The van der Waals surface area contributed by atoms with Crippen molar-refractivity contribution in [3.63, 3.8) is 0 Å². The van der Waals surface area contributed by atoms with Crippen LogP contribution in [-0.4, -0.2) is 17.9 Å². The lowest BCUT2D eigenvalue weighted by atomic mass is 10.2. The van der Waals surface area contributed by atoms with E-state index in [1.54, 1.807) is 6.21 Å². The van der Waals surface area contributed by atoms with Crippen molar-refractivity contribution >= 4 is 23.5 Å². The Hall–Kier alpha value is -1.62. The molecule has 0 atom stereocenters. The maximum atomic E-state index is 5.34. The van der Waals surface area contributed by atoms with Crippen molar-refractivity contribution in [2.45, 2.75) is 6.92 Å².